The first-order valence-corrected chi connectivity index (χ1v) is 7.59. The van der Waals surface area contributed by atoms with Crippen LogP contribution in [0.4, 0.5) is 0 Å². The van der Waals surface area contributed by atoms with Gasteiger partial charge >= 0.3 is 0 Å². The van der Waals surface area contributed by atoms with Crippen LogP contribution in [-0.2, 0) is 6.54 Å². The standard InChI is InChI=1S/C17H28N2/c1-14(2)16-7-5-15(6-8-16)11-19-13-17(12-18-3)9-4-10-17/h5-8,14,18-19H,4,9-13H2,1-3H3. The van der Waals surface area contributed by atoms with Gasteiger partial charge in [0.1, 0.15) is 0 Å². The molecule has 0 heterocycles. The first-order valence-electron chi connectivity index (χ1n) is 7.59. The summed E-state index contributed by atoms with van der Waals surface area (Å²) in [6.45, 7) is 7.76. The fourth-order valence-electron chi connectivity index (χ4n) is 2.96. The largest absolute Gasteiger partial charge is 0.319 e. The van der Waals surface area contributed by atoms with Crippen molar-refractivity contribution >= 4 is 0 Å². The zero-order valence-corrected chi connectivity index (χ0v) is 12.6. The van der Waals surface area contributed by atoms with Crippen molar-refractivity contribution in [3.8, 4) is 0 Å². The van der Waals surface area contributed by atoms with Gasteiger partial charge in [-0.25, -0.2) is 0 Å². The van der Waals surface area contributed by atoms with Gasteiger partial charge in [0, 0.05) is 19.6 Å². The van der Waals surface area contributed by atoms with Gasteiger partial charge in [-0.05, 0) is 42.3 Å². The van der Waals surface area contributed by atoms with Crippen LogP contribution >= 0.6 is 0 Å². The molecular weight excluding hydrogens is 232 g/mol. The van der Waals surface area contributed by atoms with Crippen LogP contribution in [0.5, 0.6) is 0 Å². The van der Waals surface area contributed by atoms with Gasteiger partial charge in [-0.15, -0.1) is 0 Å². The minimum Gasteiger partial charge on any atom is -0.319 e. The monoisotopic (exact) mass is 260 g/mol. The Morgan fingerprint density at radius 1 is 1.11 bits per heavy atom. The normalized spacial score (nSPS) is 17.5. The van der Waals surface area contributed by atoms with Crippen molar-refractivity contribution in [2.75, 3.05) is 20.1 Å². The second-order valence-corrected chi connectivity index (χ2v) is 6.38. The molecule has 0 atom stereocenters. The average Bonchev–Trinajstić information content (AvgIpc) is 2.36. The molecule has 0 aromatic heterocycles. The van der Waals surface area contributed by atoms with E-state index in [9.17, 15) is 0 Å². The van der Waals surface area contributed by atoms with Gasteiger partial charge in [0.15, 0.2) is 0 Å². The molecule has 0 saturated heterocycles. The zero-order chi connectivity index (χ0) is 13.7. The maximum absolute atomic E-state index is 3.64. The summed E-state index contributed by atoms with van der Waals surface area (Å²) in [7, 11) is 2.06. The molecule has 1 aliphatic carbocycles. The topological polar surface area (TPSA) is 24.1 Å². The predicted molar refractivity (Wildman–Crippen MR) is 82.4 cm³/mol. The molecule has 0 radical (unpaired) electrons. The highest BCUT2D eigenvalue weighted by Crippen LogP contribution is 2.39. The van der Waals surface area contributed by atoms with E-state index in [1.807, 2.05) is 0 Å². The van der Waals surface area contributed by atoms with E-state index in [1.165, 1.54) is 30.4 Å². The van der Waals surface area contributed by atoms with Gasteiger partial charge in [0.2, 0.25) is 0 Å². The van der Waals surface area contributed by atoms with Crippen LogP contribution in [0.2, 0.25) is 0 Å². The second kappa shape index (κ2) is 6.53. The molecule has 1 fully saturated rings. The van der Waals surface area contributed by atoms with Crippen LogP contribution in [0.3, 0.4) is 0 Å². The molecule has 106 valence electrons. The van der Waals surface area contributed by atoms with Crippen molar-refractivity contribution in [1.82, 2.24) is 10.6 Å². The Balaban J connectivity index is 1.79. The van der Waals surface area contributed by atoms with Crippen molar-refractivity contribution in [1.29, 1.82) is 0 Å². The lowest BCUT2D eigenvalue weighted by Gasteiger charge is -2.42. The van der Waals surface area contributed by atoms with E-state index in [1.54, 1.807) is 0 Å². The van der Waals surface area contributed by atoms with Crippen LogP contribution in [-0.4, -0.2) is 20.1 Å². The van der Waals surface area contributed by atoms with Crippen molar-refractivity contribution < 1.29 is 0 Å². The summed E-state index contributed by atoms with van der Waals surface area (Å²) >= 11 is 0. The molecule has 1 aliphatic rings. The molecule has 1 aromatic rings. The quantitative estimate of drug-likeness (QED) is 0.786. The number of benzene rings is 1. The lowest BCUT2D eigenvalue weighted by molar-refractivity contribution is 0.130. The number of nitrogens with one attached hydrogen (secondary N) is 2. The van der Waals surface area contributed by atoms with Gasteiger partial charge < -0.3 is 10.6 Å². The Hall–Kier alpha value is -0.860. The molecule has 2 nitrogen and oxygen atoms in total. The van der Waals surface area contributed by atoms with Gasteiger partial charge in [0.05, 0.1) is 0 Å². The molecule has 0 amide bonds. The van der Waals surface area contributed by atoms with Crippen molar-refractivity contribution in [2.45, 2.75) is 45.6 Å². The molecule has 1 saturated carbocycles. The van der Waals surface area contributed by atoms with E-state index in [2.05, 4.69) is 55.8 Å². The lowest BCUT2D eigenvalue weighted by Crippen LogP contribution is -2.46. The molecule has 1 aromatic carbocycles. The van der Waals surface area contributed by atoms with Gasteiger partial charge in [-0.3, -0.25) is 0 Å². The Kier molecular flexibility index (Phi) is 5.00. The number of hydrogen-bond donors (Lipinski definition) is 2. The highest BCUT2D eigenvalue weighted by Gasteiger charge is 2.35. The fraction of sp³-hybridized carbons (Fsp3) is 0.647. The maximum Gasteiger partial charge on any atom is 0.0205 e. The van der Waals surface area contributed by atoms with Crippen molar-refractivity contribution in [3.63, 3.8) is 0 Å². The molecule has 0 spiro atoms. The molecular formula is C17H28N2. The molecule has 2 rings (SSSR count). The van der Waals surface area contributed by atoms with Crippen LogP contribution in [0.15, 0.2) is 24.3 Å². The predicted octanol–water partition coefficient (Wildman–Crippen LogP) is 3.29. The third-order valence-electron chi connectivity index (χ3n) is 4.44. The van der Waals surface area contributed by atoms with Gasteiger partial charge in [-0.2, -0.15) is 0 Å². The van der Waals surface area contributed by atoms with Crippen LogP contribution in [0.1, 0.15) is 50.2 Å². The van der Waals surface area contributed by atoms with Crippen LogP contribution < -0.4 is 10.6 Å². The minimum atomic E-state index is 0.520. The summed E-state index contributed by atoms with van der Waals surface area (Å²) in [4.78, 5) is 0. The van der Waals surface area contributed by atoms with Crippen molar-refractivity contribution in [2.24, 2.45) is 5.41 Å². The lowest BCUT2D eigenvalue weighted by atomic mass is 9.68. The zero-order valence-electron chi connectivity index (χ0n) is 12.6. The van der Waals surface area contributed by atoms with E-state index in [0.29, 0.717) is 11.3 Å². The third-order valence-corrected chi connectivity index (χ3v) is 4.44. The number of rotatable bonds is 7. The SMILES string of the molecule is CNCC1(CNCc2ccc(C(C)C)cc2)CCC1. The van der Waals surface area contributed by atoms with Crippen LogP contribution in [0.25, 0.3) is 0 Å². The highest BCUT2D eigenvalue weighted by atomic mass is 14.9. The molecule has 0 bridgehead atoms. The average molecular weight is 260 g/mol. The summed E-state index contributed by atoms with van der Waals surface area (Å²) in [5.74, 6) is 0.621. The summed E-state index contributed by atoms with van der Waals surface area (Å²) in [6, 6.07) is 9.03. The van der Waals surface area contributed by atoms with E-state index >= 15 is 0 Å². The fourth-order valence-corrected chi connectivity index (χ4v) is 2.96. The molecule has 0 unspecified atom stereocenters. The Morgan fingerprint density at radius 3 is 2.26 bits per heavy atom. The minimum absolute atomic E-state index is 0.520. The smallest absolute Gasteiger partial charge is 0.0205 e. The summed E-state index contributed by atoms with van der Waals surface area (Å²) < 4.78 is 0. The first kappa shape index (κ1) is 14.5. The summed E-state index contributed by atoms with van der Waals surface area (Å²) in [6.07, 6.45) is 4.13. The van der Waals surface area contributed by atoms with E-state index in [0.717, 1.165) is 19.6 Å². The molecule has 2 heteroatoms. The van der Waals surface area contributed by atoms with Gasteiger partial charge in [-0.1, -0.05) is 44.5 Å². The molecule has 0 aliphatic heterocycles. The van der Waals surface area contributed by atoms with E-state index < -0.39 is 0 Å². The summed E-state index contributed by atoms with van der Waals surface area (Å²) in [5.41, 5.74) is 3.34. The summed E-state index contributed by atoms with van der Waals surface area (Å²) in [5, 5.41) is 6.98. The van der Waals surface area contributed by atoms with Crippen molar-refractivity contribution in [3.05, 3.63) is 35.4 Å². The first-order chi connectivity index (χ1) is 9.15. The third kappa shape index (κ3) is 3.80. The van der Waals surface area contributed by atoms with E-state index in [-0.39, 0.29) is 0 Å². The molecule has 19 heavy (non-hydrogen) atoms. The Bertz CT molecular complexity index is 377. The second-order valence-electron chi connectivity index (χ2n) is 6.38. The molecule has 2 N–H and O–H groups in total. The number of hydrogen-bond acceptors (Lipinski definition) is 2. The maximum atomic E-state index is 3.64. The highest BCUT2D eigenvalue weighted by molar-refractivity contribution is 5.24. The Labute approximate surface area is 118 Å². The van der Waals surface area contributed by atoms with E-state index in [4.69, 9.17) is 0 Å². The Morgan fingerprint density at radius 2 is 1.79 bits per heavy atom. The van der Waals surface area contributed by atoms with Gasteiger partial charge in [0.25, 0.3) is 0 Å². The van der Waals surface area contributed by atoms with Crippen LogP contribution in [0, 0.1) is 5.41 Å².